The van der Waals surface area contributed by atoms with E-state index in [1.807, 2.05) is 0 Å². The normalized spacial score (nSPS) is 11.0. The van der Waals surface area contributed by atoms with Crippen molar-refractivity contribution in [2.24, 2.45) is 0 Å². The quantitative estimate of drug-likeness (QED) is 0.143. The Balaban J connectivity index is 2.13. The van der Waals surface area contributed by atoms with Gasteiger partial charge in [0.25, 0.3) is 0 Å². The molecule has 3 N–H and O–H groups in total. The van der Waals surface area contributed by atoms with Gasteiger partial charge in [-0.2, -0.15) is 26.3 Å². The monoisotopic (exact) mass is 644 g/mol. The van der Waals surface area contributed by atoms with Crippen LogP contribution in [0.5, 0.6) is 17.2 Å². The molecule has 228 valence electrons. The van der Waals surface area contributed by atoms with Gasteiger partial charge in [0.2, 0.25) is 87.3 Å². The van der Waals surface area contributed by atoms with Crippen molar-refractivity contribution in [2.75, 3.05) is 0 Å². The van der Waals surface area contributed by atoms with Crippen molar-refractivity contribution in [1.29, 1.82) is 0 Å². The standard InChI is InChI=1S/C18H3B4F15O6/c23-1-4(26)10(32)16(11(33)5(1)27)41-20(38)19(21(39)42-17-12(34)6(28)2(24)7(29)13(17)35)22(40)43-18-14(36)8(30)3(25)9(31)15(18)37/h38-40H. The smallest absolute Gasteiger partial charge is 0.469 e. The number of halogens is 15. The lowest BCUT2D eigenvalue weighted by molar-refractivity contribution is 0.328. The summed E-state index contributed by atoms with van der Waals surface area (Å²) in [5, 5.41) is 30.5. The first kappa shape index (κ1) is 33.6. The summed E-state index contributed by atoms with van der Waals surface area (Å²) in [4.78, 5) is 0. The third-order valence-corrected chi connectivity index (χ3v) is 5.21. The van der Waals surface area contributed by atoms with Crippen LogP contribution in [0.3, 0.4) is 0 Å². The van der Waals surface area contributed by atoms with E-state index >= 15 is 0 Å². The van der Waals surface area contributed by atoms with Crippen LogP contribution >= 0.6 is 0 Å². The van der Waals surface area contributed by atoms with Crippen molar-refractivity contribution < 1.29 is 94.9 Å². The summed E-state index contributed by atoms with van der Waals surface area (Å²) in [7, 11) is -10.8. The Hall–Kier alpha value is -3.85. The SMILES string of the molecule is OB(Oc1c(F)c(F)c(F)c(F)c1F)B(B(O)Oc1c(F)c(F)c(F)c(F)c1F)B(O)Oc1c(F)c(F)c(F)c(F)c1F. The molecule has 0 spiro atoms. The molecule has 6 nitrogen and oxygen atoms in total. The van der Waals surface area contributed by atoms with Crippen molar-refractivity contribution in [2.45, 2.75) is 0 Å². The predicted molar refractivity (Wildman–Crippen MR) is 110 cm³/mol. The second-order valence-electron chi connectivity index (χ2n) is 7.80. The molecular formula is C18H3B4F15O6. The molecule has 0 aromatic heterocycles. The number of benzene rings is 3. The minimum Gasteiger partial charge on any atom is -0.539 e. The summed E-state index contributed by atoms with van der Waals surface area (Å²) < 4.78 is 217. The van der Waals surface area contributed by atoms with Gasteiger partial charge >= 0.3 is 27.4 Å². The van der Waals surface area contributed by atoms with Gasteiger partial charge < -0.3 is 29.0 Å². The summed E-state index contributed by atoms with van der Waals surface area (Å²) in [5.41, 5.74) is 0. The number of hydrogen-bond acceptors (Lipinski definition) is 6. The summed E-state index contributed by atoms with van der Waals surface area (Å²) in [5.74, 6) is -49.4. The molecule has 0 fully saturated rings. The molecule has 0 heterocycles. The van der Waals surface area contributed by atoms with Gasteiger partial charge in [-0.05, 0) is 0 Å². The van der Waals surface area contributed by atoms with Crippen molar-refractivity contribution >= 4 is 27.4 Å². The van der Waals surface area contributed by atoms with Gasteiger partial charge in [-0.3, -0.25) is 0 Å². The first-order valence-electron chi connectivity index (χ1n) is 10.4. The van der Waals surface area contributed by atoms with E-state index in [-0.39, 0.29) is 0 Å². The van der Waals surface area contributed by atoms with E-state index in [1.165, 1.54) is 0 Å². The Kier molecular flexibility index (Phi) is 9.71. The Morgan fingerprint density at radius 2 is 0.419 bits per heavy atom. The molecule has 0 aliphatic heterocycles. The van der Waals surface area contributed by atoms with Gasteiger partial charge in [0.05, 0.1) is 0 Å². The minimum atomic E-state index is -3.61. The fraction of sp³-hybridized carbons (Fsp3) is 0. The Morgan fingerprint density at radius 1 is 0.279 bits per heavy atom. The van der Waals surface area contributed by atoms with Gasteiger partial charge in [-0.1, -0.05) is 0 Å². The van der Waals surface area contributed by atoms with E-state index in [0.717, 1.165) is 0 Å². The van der Waals surface area contributed by atoms with Crippen LogP contribution in [-0.4, -0.2) is 42.5 Å². The zero-order chi connectivity index (χ0) is 32.8. The van der Waals surface area contributed by atoms with Gasteiger partial charge in [-0.15, -0.1) is 0 Å². The van der Waals surface area contributed by atoms with Crippen molar-refractivity contribution in [3.05, 3.63) is 87.3 Å². The highest BCUT2D eigenvalue weighted by atomic mass is 19.2. The second kappa shape index (κ2) is 12.4. The van der Waals surface area contributed by atoms with Crippen LogP contribution in [-0.2, 0) is 0 Å². The number of hydrogen-bond donors (Lipinski definition) is 3. The predicted octanol–water partition coefficient (Wildman–Crippen LogP) is 3.48. The lowest BCUT2D eigenvalue weighted by Gasteiger charge is -2.23. The van der Waals surface area contributed by atoms with E-state index < -0.39 is 132 Å². The topological polar surface area (TPSA) is 88.4 Å². The lowest BCUT2D eigenvalue weighted by Crippen LogP contribution is -2.66. The number of rotatable bonds is 9. The van der Waals surface area contributed by atoms with E-state index in [4.69, 9.17) is 0 Å². The third kappa shape index (κ3) is 5.87. The third-order valence-electron chi connectivity index (χ3n) is 5.21. The van der Waals surface area contributed by atoms with Crippen molar-refractivity contribution in [1.82, 2.24) is 0 Å². The molecule has 0 amide bonds. The largest absolute Gasteiger partial charge is 0.539 e. The molecule has 25 heteroatoms. The van der Waals surface area contributed by atoms with E-state index in [9.17, 15) is 80.9 Å². The Bertz CT molecular complexity index is 1330. The zero-order valence-corrected chi connectivity index (χ0v) is 19.5. The molecular weight excluding hydrogens is 640 g/mol. The molecule has 3 aromatic carbocycles. The molecule has 0 bridgehead atoms. The summed E-state index contributed by atoms with van der Waals surface area (Å²) in [6, 6.07) is 0. The highest BCUT2D eigenvalue weighted by molar-refractivity contribution is 7.65. The summed E-state index contributed by atoms with van der Waals surface area (Å²) in [6.45, 7) is 0. The van der Waals surface area contributed by atoms with Gasteiger partial charge in [0.1, 0.15) is 0 Å². The maximum Gasteiger partial charge on any atom is 0.469 e. The molecule has 0 saturated heterocycles. The van der Waals surface area contributed by atoms with Crippen LogP contribution in [0.2, 0.25) is 0 Å². The molecule has 0 saturated carbocycles. The highest BCUT2D eigenvalue weighted by Gasteiger charge is 2.58. The van der Waals surface area contributed by atoms with Crippen LogP contribution in [0.25, 0.3) is 0 Å². The van der Waals surface area contributed by atoms with Gasteiger partial charge in [0, 0.05) is 0 Å². The van der Waals surface area contributed by atoms with E-state index in [2.05, 4.69) is 14.0 Å². The lowest BCUT2D eigenvalue weighted by atomic mass is 8.93. The average Bonchev–Trinajstić information content (AvgIpc) is 2.97. The van der Waals surface area contributed by atoms with Gasteiger partial charge in [-0.25, -0.2) is 39.5 Å². The van der Waals surface area contributed by atoms with Crippen molar-refractivity contribution in [3.8, 4) is 17.2 Å². The average molecular weight is 643 g/mol. The maximum atomic E-state index is 14.0. The van der Waals surface area contributed by atoms with Crippen LogP contribution in [0.1, 0.15) is 0 Å². The Morgan fingerprint density at radius 3 is 0.581 bits per heavy atom. The molecule has 3 rings (SSSR count). The van der Waals surface area contributed by atoms with Crippen LogP contribution < -0.4 is 14.0 Å². The maximum absolute atomic E-state index is 14.0. The molecule has 0 aliphatic rings. The fourth-order valence-corrected chi connectivity index (χ4v) is 3.09. The second-order valence-corrected chi connectivity index (χ2v) is 7.80. The molecule has 0 atom stereocenters. The molecule has 0 unspecified atom stereocenters. The first-order valence-corrected chi connectivity index (χ1v) is 10.4. The fourth-order valence-electron chi connectivity index (χ4n) is 3.09. The molecule has 0 radical (unpaired) electrons. The van der Waals surface area contributed by atoms with Crippen LogP contribution in [0.4, 0.5) is 65.9 Å². The zero-order valence-electron chi connectivity index (χ0n) is 19.5. The summed E-state index contributed by atoms with van der Waals surface area (Å²) >= 11 is 0. The van der Waals surface area contributed by atoms with Crippen molar-refractivity contribution in [3.63, 3.8) is 0 Å². The molecule has 3 aromatic rings. The van der Waals surface area contributed by atoms with Gasteiger partial charge in [0.15, 0.2) is 17.2 Å². The van der Waals surface area contributed by atoms with E-state index in [0.29, 0.717) is 0 Å². The molecule has 43 heavy (non-hydrogen) atoms. The van der Waals surface area contributed by atoms with Crippen LogP contribution in [0.15, 0.2) is 0 Å². The minimum absolute atomic E-state index is 2.44. The first-order chi connectivity index (χ1) is 19.8. The molecule has 0 aliphatic carbocycles. The highest BCUT2D eigenvalue weighted by Crippen LogP contribution is 2.33. The van der Waals surface area contributed by atoms with Crippen LogP contribution in [0, 0.1) is 87.3 Å². The van der Waals surface area contributed by atoms with E-state index in [1.54, 1.807) is 0 Å². The summed E-state index contributed by atoms with van der Waals surface area (Å²) in [6.07, 6.45) is -3.40. The Labute approximate surface area is 227 Å².